The first kappa shape index (κ1) is 15.4. The lowest BCUT2D eigenvalue weighted by molar-refractivity contribution is 0.173. The Balaban J connectivity index is 1.61. The number of fused-ring (bicyclic) bond motifs is 1. The van der Waals surface area contributed by atoms with Gasteiger partial charge in [-0.3, -0.25) is 0 Å². The summed E-state index contributed by atoms with van der Waals surface area (Å²) in [4.78, 5) is 4.21. The van der Waals surface area contributed by atoms with Gasteiger partial charge in [-0.2, -0.15) is 10.2 Å². The standard InChI is InChI=1S/C18H12ClN3O3/c19-13-6-2-1-5-12(13)17-22-14(8-20)18(25-17)21-9-11-4-3-7-15-16(11)24-10-23-15/h1-7,21H,9-10H2. The molecule has 124 valence electrons. The normalized spacial score (nSPS) is 12.0. The molecule has 0 radical (unpaired) electrons. The molecule has 0 saturated carbocycles. The molecule has 4 rings (SSSR count). The van der Waals surface area contributed by atoms with Crippen LogP contribution < -0.4 is 14.8 Å². The molecular formula is C18H12ClN3O3. The second-order valence-electron chi connectivity index (χ2n) is 5.29. The lowest BCUT2D eigenvalue weighted by atomic mass is 10.2. The van der Waals surface area contributed by atoms with Crippen molar-refractivity contribution in [3.05, 3.63) is 58.7 Å². The molecule has 0 aliphatic carbocycles. The van der Waals surface area contributed by atoms with Gasteiger partial charge in [0.1, 0.15) is 6.07 Å². The molecule has 3 aromatic rings. The Bertz CT molecular complexity index is 978. The summed E-state index contributed by atoms with van der Waals surface area (Å²) in [6.45, 7) is 0.604. The highest BCUT2D eigenvalue weighted by Gasteiger charge is 2.19. The van der Waals surface area contributed by atoms with Crippen molar-refractivity contribution < 1.29 is 13.9 Å². The topological polar surface area (TPSA) is 80.3 Å². The number of halogens is 1. The number of hydrogen-bond donors (Lipinski definition) is 1. The molecule has 0 spiro atoms. The molecule has 0 bridgehead atoms. The molecule has 2 heterocycles. The van der Waals surface area contributed by atoms with Crippen molar-refractivity contribution in [1.82, 2.24) is 4.98 Å². The number of aromatic nitrogens is 1. The summed E-state index contributed by atoms with van der Waals surface area (Å²) >= 11 is 6.17. The van der Waals surface area contributed by atoms with Crippen molar-refractivity contribution in [2.45, 2.75) is 6.54 Å². The number of benzene rings is 2. The third-order valence-electron chi connectivity index (χ3n) is 3.75. The van der Waals surface area contributed by atoms with Gasteiger partial charge in [0, 0.05) is 12.1 Å². The molecule has 0 unspecified atom stereocenters. The largest absolute Gasteiger partial charge is 0.454 e. The Morgan fingerprint density at radius 2 is 2.04 bits per heavy atom. The Labute approximate surface area is 148 Å². The summed E-state index contributed by atoms with van der Waals surface area (Å²) in [5.74, 6) is 1.98. The van der Waals surface area contributed by atoms with Crippen LogP contribution in [0.15, 0.2) is 46.9 Å². The van der Waals surface area contributed by atoms with Crippen LogP contribution in [0.3, 0.4) is 0 Å². The fourth-order valence-electron chi connectivity index (χ4n) is 2.57. The molecule has 7 heteroatoms. The smallest absolute Gasteiger partial charge is 0.232 e. The van der Waals surface area contributed by atoms with Crippen molar-refractivity contribution in [2.75, 3.05) is 12.1 Å². The highest BCUT2D eigenvalue weighted by Crippen LogP contribution is 2.36. The van der Waals surface area contributed by atoms with E-state index in [1.54, 1.807) is 12.1 Å². The van der Waals surface area contributed by atoms with Crippen LogP contribution in [0.25, 0.3) is 11.5 Å². The number of para-hydroxylation sites is 1. The fraction of sp³-hybridized carbons (Fsp3) is 0.111. The van der Waals surface area contributed by atoms with Crippen LogP contribution >= 0.6 is 11.6 Å². The van der Waals surface area contributed by atoms with Crippen LogP contribution in [0.1, 0.15) is 11.3 Å². The summed E-state index contributed by atoms with van der Waals surface area (Å²) in [6, 6.07) is 14.8. The molecule has 1 N–H and O–H groups in total. The highest BCUT2D eigenvalue weighted by atomic mass is 35.5. The Morgan fingerprint density at radius 3 is 2.88 bits per heavy atom. The van der Waals surface area contributed by atoms with Gasteiger partial charge in [0.05, 0.1) is 10.6 Å². The third-order valence-corrected chi connectivity index (χ3v) is 4.08. The van der Waals surface area contributed by atoms with Gasteiger partial charge in [0.15, 0.2) is 11.5 Å². The van der Waals surface area contributed by atoms with Crippen LogP contribution in [0.4, 0.5) is 5.88 Å². The number of nitrogens with zero attached hydrogens (tertiary/aromatic N) is 2. The van der Waals surface area contributed by atoms with E-state index in [9.17, 15) is 5.26 Å². The van der Waals surface area contributed by atoms with Crippen molar-refractivity contribution in [1.29, 1.82) is 5.26 Å². The molecule has 25 heavy (non-hydrogen) atoms. The van der Waals surface area contributed by atoms with E-state index in [0.717, 1.165) is 5.56 Å². The maximum atomic E-state index is 9.31. The quantitative estimate of drug-likeness (QED) is 0.756. The molecule has 0 fully saturated rings. The van der Waals surface area contributed by atoms with Crippen molar-refractivity contribution in [2.24, 2.45) is 0 Å². The van der Waals surface area contributed by atoms with E-state index < -0.39 is 0 Å². The first-order chi connectivity index (χ1) is 12.3. The zero-order chi connectivity index (χ0) is 17.2. The van der Waals surface area contributed by atoms with Crippen LogP contribution in [0, 0.1) is 11.3 Å². The molecule has 1 aliphatic heterocycles. The van der Waals surface area contributed by atoms with Gasteiger partial charge in [-0.1, -0.05) is 35.9 Å². The number of nitrogens with one attached hydrogen (secondary N) is 1. The van der Waals surface area contributed by atoms with Crippen molar-refractivity contribution in [3.8, 4) is 29.0 Å². The van der Waals surface area contributed by atoms with Crippen molar-refractivity contribution in [3.63, 3.8) is 0 Å². The van der Waals surface area contributed by atoms with Crippen LogP contribution in [-0.4, -0.2) is 11.8 Å². The fourth-order valence-corrected chi connectivity index (χ4v) is 2.79. The maximum Gasteiger partial charge on any atom is 0.232 e. The Kier molecular flexibility index (Phi) is 3.92. The molecule has 2 aromatic carbocycles. The van der Waals surface area contributed by atoms with Gasteiger partial charge in [0.25, 0.3) is 0 Å². The minimum atomic E-state index is 0.166. The zero-order valence-corrected chi connectivity index (χ0v) is 13.7. The monoisotopic (exact) mass is 353 g/mol. The lowest BCUT2D eigenvalue weighted by Gasteiger charge is -2.06. The molecule has 1 aromatic heterocycles. The second-order valence-corrected chi connectivity index (χ2v) is 5.70. The predicted octanol–water partition coefficient (Wildman–Crippen LogP) is 4.21. The van der Waals surface area contributed by atoms with Gasteiger partial charge in [-0.25, -0.2) is 0 Å². The van der Waals surface area contributed by atoms with E-state index >= 15 is 0 Å². The molecule has 0 atom stereocenters. The molecule has 0 amide bonds. The number of nitriles is 1. The van der Waals surface area contributed by atoms with E-state index in [2.05, 4.69) is 10.3 Å². The first-order valence-electron chi connectivity index (χ1n) is 7.53. The van der Waals surface area contributed by atoms with Gasteiger partial charge in [-0.05, 0) is 18.2 Å². The van der Waals surface area contributed by atoms with Gasteiger partial charge in [0.2, 0.25) is 24.3 Å². The minimum absolute atomic E-state index is 0.166. The van der Waals surface area contributed by atoms with E-state index in [1.807, 2.05) is 36.4 Å². The Hall–Kier alpha value is -3.17. The summed E-state index contributed by atoms with van der Waals surface area (Å²) in [5.41, 5.74) is 1.69. The van der Waals surface area contributed by atoms with E-state index in [1.165, 1.54) is 0 Å². The number of hydrogen-bond acceptors (Lipinski definition) is 6. The number of ether oxygens (including phenoxy) is 2. The van der Waals surface area contributed by atoms with E-state index in [0.29, 0.717) is 34.5 Å². The van der Waals surface area contributed by atoms with Gasteiger partial charge in [-0.15, -0.1) is 0 Å². The highest BCUT2D eigenvalue weighted by molar-refractivity contribution is 6.33. The average Bonchev–Trinajstić information content (AvgIpc) is 3.27. The third kappa shape index (κ3) is 2.86. The minimum Gasteiger partial charge on any atom is -0.454 e. The lowest BCUT2D eigenvalue weighted by Crippen LogP contribution is -2.01. The summed E-state index contributed by atoms with van der Waals surface area (Å²) < 4.78 is 16.5. The molecule has 6 nitrogen and oxygen atoms in total. The number of rotatable bonds is 4. The number of oxazole rings is 1. The van der Waals surface area contributed by atoms with Crippen LogP contribution in [-0.2, 0) is 6.54 Å². The van der Waals surface area contributed by atoms with E-state index in [4.69, 9.17) is 25.5 Å². The second kappa shape index (κ2) is 6.38. The van der Waals surface area contributed by atoms with E-state index in [-0.39, 0.29) is 18.4 Å². The maximum absolute atomic E-state index is 9.31. The van der Waals surface area contributed by atoms with Gasteiger partial charge < -0.3 is 19.2 Å². The van der Waals surface area contributed by atoms with Crippen LogP contribution in [0.2, 0.25) is 5.02 Å². The SMILES string of the molecule is N#Cc1nc(-c2ccccc2Cl)oc1NCc1cccc2c1OCO2. The summed E-state index contributed by atoms with van der Waals surface area (Å²) in [5, 5.41) is 12.9. The molecular weight excluding hydrogens is 342 g/mol. The molecule has 1 aliphatic rings. The number of anilines is 1. The Morgan fingerprint density at radius 1 is 1.16 bits per heavy atom. The van der Waals surface area contributed by atoms with Crippen LogP contribution in [0.5, 0.6) is 11.5 Å². The summed E-state index contributed by atoms with van der Waals surface area (Å²) in [7, 11) is 0. The average molecular weight is 354 g/mol. The first-order valence-corrected chi connectivity index (χ1v) is 7.91. The summed E-state index contributed by atoms with van der Waals surface area (Å²) in [6.07, 6.45) is 0. The zero-order valence-electron chi connectivity index (χ0n) is 13.0. The van der Waals surface area contributed by atoms with Gasteiger partial charge >= 0.3 is 0 Å². The molecule has 0 saturated heterocycles. The predicted molar refractivity (Wildman–Crippen MR) is 91.6 cm³/mol. The van der Waals surface area contributed by atoms with Crippen molar-refractivity contribution >= 4 is 17.5 Å².